The monoisotopic (exact) mass is 474 g/mol. The van der Waals surface area contributed by atoms with Gasteiger partial charge in [-0.15, -0.1) is 0 Å². The molecule has 8 heteroatoms. The van der Waals surface area contributed by atoms with Crippen LogP contribution in [-0.4, -0.2) is 73.8 Å². The molecule has 4 rings (SSSR count). The summed E-state index contributed by atoms with van der Waals surface area (Å²) in [6, 6.07) is 5.04. The summed E-state index contributed by atoms with van der Waals surface area (Å²) in [5.74, 6) is 1.64. The molecule has 188 valence electrons. The number of ketones is 1. The molecule has 0 aliphatic carbocycles. The first-order chi connectivity index (χ1) is 16.6. The van der Waals surface area contributed by atoms with E-state index in [0.29, 0.717) is 81.5 Å². The standard InChI is InChI=1S/C26H38N2O6/c29-22(19-9-13-32-14-10-19)5-1-2-6-25(30)27-21(18-28-11-3-4-12-28)26(31)20-7-8-23-24(17-20)34-16-15-33-23/h7-8,17,19,21,26,31H,1-6,9-16,18H2,(H,27,30)/t21-,26-/m1/s1. The summed E-state index contributed by atoms with van der Waals surface area (Å²) in [6.07, 6.45) is 5.31. The van der Waals surface area contributed by atoms with Gasteiger partial charge in [-0.25, -0.2) is 0 Å². The van der Waals surface area contributed by atoms with Crippen LogP contribution in [0, 0.1) is 5.92 Å². The molecule has 0 unspecified atom stereocenters. The van der Waals surface area contributed by atoms with Gasteiger partial charge in [-0.3, -0.25) is 9.59 Å². The van der Waals surface area contributed by atoms with Crippen molar-refractivity contribution < 1.29 is 28.9 Å². The maximum Gasteiger partial charge on any atom is 0.220 e. The summed E-state index contributed by atoms with van der Waals surface area (Å²) in [5, 5.41) is 14.3. The van der Waals surface area contributed by atoms with Crippen molar-refractivity contribution in [2.75, 3.05) is 46.1 Å². The van der Waals surface area contributed by atoms with Crippen molar-refractivity contribution in [3.63, 3.8) is 0 Å². The van der Waals surface area contributed by atoms with Gasteiger partial charge in [-0.1, -0.05) is 6.07 Å². The van der Waals surface area contributed by atoms with Gasteiger partial charge in [-0.05, 0) is 69.3 Å². The largest absolute Gasteiger partial charge is 0.486 e. The smallest absolute Gasteiger partial charge is 0.220 e. The average molecular weight is 475 g/mol. The van der Waals surface area contributed by atoms with E-state index in [1.165, 1.54) is 0 Å². The fourth-order valence-corrected chi connectivity index (χ4v) is 5.03. The van der Waals surface area contributed by atoms with Gasteiger partial charge in [0, 0.05) is 38.5 Å². The number of benzene rings is 1. The minimum atomic E-state index is -0.851. The Labute approximate surface area is 201 Å². The first-order valence-corrected chi connectivity index (χ1v) is 12.8. The Balaban J connectivity index is 1.29. The van der Waals surface area contributed by atoms with E-state index in [0.717, 1.165) is 38.8 Å². The highest BCUT2D eigenvalue weighted by atomic mass is 16.6. The third-order valence-corrected chi connectivity index (χ3v) is 7.04. The minimum absolute atomic E-state index is 0.0840. The zero-order chi connectivity index (χ0) is 23.8. The summed E-state index contributed by atoms with van der Waals surface area (Å²) >= 11 is 0. The fourth-order valence-electron chi connectivity index (χ4n) is 5.03. The van der Waals surface area contributed by atoms with Crippen LogP contribution in [0.3, 0.4) is 0 Å². The van der Waals surface area contributed by atoms with Gasteiger partial charge in [0.05, 0.1) is 6.04 Å². The predicted molar refractivity (Wildman–Crippen MR) is 127 cm³/mol. The lowest BCUT2D eigenvalue weighted by Crippen LogP contribution is -2.46. The lowest BCUT2D eigenvalue weighted by atomic mass is 9.92. The molecule has 1 amide bonds. The molecule has 1 aromatic carbocycles. The number of amides is 1. The molecule has 0 spiro atoms. The molecule has 0 radical (unpaired) electrons. The highest BCUT2D eigenvalue weighted by Gasteiger charge is 2.28. The lowest BCUT2D eigenvalue weighted by Gasteiger charge is -2.29. The fraction of sp³-hybridized carbons (Fsp3) is 0.692. The number of nitrogens with one attached hydrogen (secondary N) is 1. The molecule has 3 aliphatic rings. The number of ether oxygens (including phenoxy) is 3. The Morgan fingerprint density at radius 2 is 1.71 bits per heavy atom. The van der Waals surface area contributed by atoms with Gasteiger partial charge < -0.3 is 29.5 Å². The second-order valence-corrected chi connectivity index (χ2v) is 9.59. The van der Waals surface area contributed by atoms with Crippen LogP contribution in [0.15, 0.2) is 18.2 Å². The summed E-state index contributed by atoms with van der Waals surface area (Å²) in [5.41, 5.74) is 0.704. The average Bonchev–Trinajstić information content (AvgIpc) is 3.39. The predicted octanol–water partition coefficient (Wildman–Crippen LogP) is 2.63. The third kappa shape index (κ3) is 6.93. The van der Waals surface area contributed by atoms with Gasteiger partial charge in [0.1, 0.15) is 25.1 Å². The number of likely N-dealkylation sites (tertiary alicyclic amines) is 1. The molecule has 2 atom stereocenters. The summed E-state index contributed by atoms with van der Waals surface area (Å²) in [6.45, 7) is 4.90. The Bertz CT molecular complexity index is 820. The molecule has 8 nitrogen and oxygen atoms in total. The van der Waals surface area contributed by atoms with Crippen LogP contribution >= 0.6 is 0 Å². The number of nitrogens with zero attached hydrogens (tertiary/aromatic N) is 1. The van der Waals surface area contributed by atoms with E-state index < -0.39 is 12.1 Å². The Morgan fingerprint density at radius 3 is 2.47 bits per heavy atom. The summed E-state index contributed by atoms with van der Waals surface area (Å²) < 4.78 is 16.6. The third-order valence-electron chi connectivity index (χ3n) is 7.04. The van der Waals surface area contributed by atoms with Crippen LogP contribution in [0.5, 0.6) is 11.5 Å². The summed E-state index contributed by atoms with van der Waals surface area (Å²) in [4.78, 5) is 27.4. The molecular weight excluding hydrogens is 436 g/mol. The number of rotatable bonds is 11. The van der Waals surface area contributed by atoms with Crippen LogP contribution in [0.1, 0.15) is 63.0 Å². The highest BCUT2D eigenvalue weighted by molar-refractivity contribution is 5.81. The number of aliphatic hydroxyl groups excluding tert-OH is 1. The van der Waals surface area contributed by atoms with Crippen molar-refractivity contribution in [1.29, 1.82) is 0 Å². The van der Waals surface area contributed by atoms with E-state index in [1.807, 2.05) is 18.2 Å². The molecule has 2 saturated heterocycles. The summed E-state index contributed by atoms with van der Waals surface area (Å²) in [7, 11) is 0. The van der Waals surface area contributed by atoms with Gasteiger partial charge in [0.15, 0.2) is 11.5 Å². The van der Waals surface area contributed by atoms with Crippen LogP contribution < -0.4 is 14.8 Å². The molecule has 0 saturated carbocycles. The number of fused-ring (bicyclic) bond motifs is 1. The van der Waals surface area contributed by atoms with Crippen LogP contribution in [0.4, 0.5) is 0 Å². The number of carbonyl (C=O) groups excluding carboxylic acids is 2. The second-order valence-electron chi connectivity index (χ2n) is 9.59. The first kappa shape index (κ1) is 24.9. The highest BCUT2D eigenvalue weighted by Crippen LogP contribution is 2.33. The number of carbonyl (C=O) groups is 2. The van der Waals surface area contributed by atoms with E-state index in [2.05, 4.69) is 10.2 Å². The minimum Gasteiger partial charge on any atom is -0.486 e. The molecule has 1 aromatic rings. The maximum absolute atomic E-state index is 12.8. The zero-order valence-corrected chi connectivity index (χ0v) is 20.0. The van der Waals surface area contributed by atoms with Crippen molar-refractivity contribution in [3.05, 3.63) is 23.8 Å². The van der Waals surface area contributed by atoms with E-state index in [4.69, 9.17) is 14.2 Å². The number of hydrogen-bond acceptors (Lipinski definition) is 7. The van der Waals surface area contributed by atoms with Crippen molar-refractivity contribution in [3.8, 4) is 11.5 Å². The number of Topliss-reactive ketones (excluding diaryl/α,β-unsaturated/α-hetero) is 1. The molecule has 2 N–H and O–H groups in total. The number of hydrogen-bond donors (Lipinski definition) is 2. The maximum atomic E-state index is 12.8. The zero-order valence-electron chi connectivity index (χ0n) is 20.0. The molecule has 3 heterocycles. The Hall–Kier alpha value is -2.16. The van der Waals surface area contributed by atoms with Crippen molar-refractivity contribution in [2.24, 2.45) is 5.92 Å². The van der Waals surface area contributed by atoms with Crippen LogP contribution in [-0.2, 0) is 14.3 Å². The van der Waals surface area contributed by atoms with Gasteiger partial charge in [-0.2, -0.15) is 0 Å². The molecular formula is C26H38N2O6. The SMILES string of the molecule is O=C(CCCCC(=O)C1CCOCC1)N[C@H](CN1CCCC1)[C@H](O)c1ccc2c(c1)OCCO2. The van der Waals surface area contributed by atoms with E-state index in [-0.39, 0.29) is 11.8 Å². The van der Waals surface area contributed by atoms with Crippen molar-refractivity contribution >= 4 is 11.7 Å². The molecule has 34 heavy (non-hydrogen) atoms. The normalized spacial score (nSPS) is 20.6. The molecule has 3 aliphatic heterocycles. The van der Waals surface area contributed by atoms with Gasteiger partial charge >= 0.3 is 0 Å². The van der Waals surface area contributed by atoms with Gasteiger partial charge in [0.2, 0.25) is 5.91 Å². The van der Waals surface area contributed by atoms with Crippen LogP contribution in [0.25, 0.3) is 0 Å². The lowest BCUT2D eigenvalue weighted by molar-refractivity contribution is -0.126. The van der Waals surface area contributed by atoms with Crippen molar-refractivity contribution in [2.45, 2.75) is 63.5 Å². The number of aliphatic hydroxyl groups is 1. The Kier molecular flexibility index (Phi) is 9.18. The second kappa shape index (κ2) is 12.5. The van der Waals surface area contributed by atoms with Crippen LogP contribution in [0.2, 0.25) is 0 Å². The molecule has 2 fully saturated rings. The molecule has 0 bridgehead atoms. The van der Waals surface area contributed by atoms with E-state index in [9.17, 15) is 14.7 Å². The van der Waals surface area contributed by atoms with E-state index >= 15 is 0 Å². The quantitative estimate of drug-likeness (QED) is 0.476. The molecule has 0 aromatic heterocycles. The first-order valence-electron chi connectivity index (χ1n) is 12.8. The number of unbranched alkanes of at least 4 members (excludes halogenated alkanes) is 1. The Morgan fingerprint density at radius 1 is 1.00 bits per heavy atom. The van der Waals surface area contributed by atoms with Crippen molar-refractivity contribution in [1.82, 2.24) is 10.2 Å². The van der Waals surface area contributed by atoms with E-state index in [1.54, 1.807) is 0 Å². The van der Waals surface area contributed by atoms with Gasteiger partial charge in [0.25, 0.3) is 0 Å². The topological polar surface area (TPSA) is 97.3 Å².